The lowest BCUT2D eigenvalue weighted by Crippen LogP contribution is -1.86. The maximum atomic E-state index is 8.35. The molecule has 0 bridgehead atoms. The van der Waals surface area contributed by atoms with Crippen LogP contribution in [0.5, 0.6) is 0 Å². The van der Waals surface area contributed by atoms with Gasteiger partial charge in [-0.15, -0.1) is 5.73 Å². The van der Waals surface area contributed by atoms with Crippen LogP contribution in [0.2, 0.25) is 0 Å². The van der Waals surface area contributed by atoms with Gasteiger partial charge in [0.15, 0.2) is 0 Å². The van der Waals surface area contributed by atoms with Crippen LogP contribution in [0.15, 0.2) is 41.4 Å². The van der Waals surface area contributed by atoms with Gasteiger partial charge in [0.05, 0.1) is 24.8 Å². The van der Waals surface area contributed by atoms with Gasteiger partial charge in [-0.25, -0.2) is 0 Å². The summed E-state index contributed by atoms with van der Waals surface area (Å²) >= 11 is 0. The molecule has 0 aromatic rings. The lowest BCUT2D eigenvalue weighted by Gasteiger charge is -2.00. The zero-order chi connectivity index (χ0) is 8.10. The molecule has 0 saturated heterocycles. The summed E-state index contributed by atoms with van der Waals surface area (Å²) in [6.45, 7) is 0. The Balaban J connectivity index is 2.90. The van der Waals surface area contributed by atoms with Crippen LogP contribution in [0.4, 0.5) is 0 Å². The van der Waals surface area contributed by atoms with Crippen LogP contribution in [-0.2, 0) is 4.74 Å². The van der Waals surface area contributed by atoms with E-state index < -0.39 is 0 Å². The van der Waals surface area contributed by atoms with E-state index in [1.54, 1.807) is 6.08 Å². The summed E-state index contributed by atoms with van der Waals surface area (Å²) in [4.78, 5) is 0. The van der Waals surface area contributed by atoms with Crippen LogP contribution in [0, 0.1) is 11.3 Å². The molecular weight excluding hydrogens is 138 g/mol. The minimum atomic E-state index is 0.553. The molecular formula is C9H7NO. The van der Waals surface area contributed by atoms with Gasteiger partial charge in [0.2, 0.25) is 0 Å². The van der Waals surface area contributed by atoms with E-state index in [1.807, 2.05) is 18.2 Å². The second kappa shape index (κ2) is 3.46. The van der Waals surface area contributed by atoms with Crippen molar-refractivity contribution in [3.05, 3.63) is 41.4 Å². The second-order valence-corrected chi connectivity index (χ2v) is 1.93. The summed E-state index contributed by atoms with van der Waals surface area (Å²) < 4.78 is 4.94. The van der Waals surface area contributed by atoms with Gasteiger partial charge < -0.3 is 4.74 Å². The van der Waals surface area contributed by atoms with E-state index >= 15 is 0 Å². The summed E-state index contributed by atoms with van der Waals surface area (Å²) in [5.41, 5.74) is 3.74. The number of rotatable bonds is 2. The lowest BCUT2D eigenvalue weighted by molar-refractivity contribution is 0.303. The molecule has 1 aliphatic rings. The van der Waals surface area contributed by atoms with Gasteiger partial charge in [0.1, 0.15) is 5.76 Å². The number of hydrogen-bond acceptors (Lipinski definition) is 2. The van der Waals surface area contributed by atoms with Crippen LogP contribution in [0.25, 0.3) is 0 Å². The van der Waals surface area contributed by atoms with Crippen LogP contribution in [0.3, 0.4) is 0 Å². The van der Waals surface area contributed by atoms with E-state index in [0.717, 1.165) is 5.57 Å². The average molecular weight is 145 g/mol. The van der Waals surface area contributed by atoms with Gasteiger partial charge in [-0.3, -0.25) is 0 Å². The number of ether oxygens (including phenoxy) is 1. The molecule has 0 aromatic heterocycles. The van der Waals surface area contributed by atoms with Gasteiger partial charge in [-0.05, 0) is 12.2 Å². The molecule has 0 aromatic carbocycles. The minimum Gasteiger partial charge on any atom is -0.495 e. The molecule has 54 valence electrons. The van der Waals surface area contributed by atoms with E-state index in [2.05, 4.69) is 5.73 Å². The van der Waals surface area contributed by atoms with Crippen LogP contribution in [-0.4, -0.2) is 7.11 Å². The highest BCUT2D eigenvalue weighted by Crippen LogP contribution is 2.13. The Morgan fingerprint density at radius 1 is 1.82 bits per heavy atom. The quantitative estimate of drug-likeness (QED) is 0.336. The van der Waals surface area contributed by atoms with Gasteiger partial charge in [-0.2, -0.15) is 5.26 Å². The molecule has 2 nitrogen and oxygen atoms in total. The van der Waals surface area contributed by atoms with E-state index in [9.17, 15) is 0 Å². The molecule has 1 aliphatic carbocycles. The average Bonchev–Trinajstić information content (AvgIpc) is 2.52. The first-order chi connectivity index (χ1) is 5.38. The molecule has 0 saturated carbocycles. The predicted octanol–water partition coefficient (Wildman–Crippen LogP) is 1.69. The topological polar surface area (TPSA) is 33.0 Å². The summed E-state index contributed by atoms with van der Waals surface area (Å²) in [5.74, 6) is 0.553. The number of methoxy groups -OCH3 is 1. The Kier molecular flexibility index (Phi) is 2.32. The number of hydrogen-bond donors (Lipinski definition) is 0. The Bertz CT molecular complexity index is 309. The van der Waals surface area contributed by atoms with Crippen molar-refractivity contribution in [2.45, 2.75) is 0 Å². The van der Waals surface area contributed by atoms with Crippen molar-refractivity contribution in [2.75, 3.05) is 7.11 Å². The molecule has 0 unspecified atom stereocenters. The van der Waals surface area contributed by atoms with E-state index in [1.165, 1.54) is 13.2 Å². The van der Waals surface area contributed by atoms with Crippen molar-refractivity contribution < 1.29 is 4.74 Å². The molecule has 0 N–H and O–H groups in total. The van der Waals surface area contributed by atoms with Gasteiger partial charge in [-0.1, -0.05) is 6.08 Å². The van der Waals surface area contributed by atoms with Crippen molar-refractivity contribution in [1.82, 2.24) is 0 Å². The largest absolute Gasteiger partial charge is 0.495 e. The molecule has 1 rings (SSSR count). The Hall–Kier alpha value is -1.71. The molecule has 0 amide bonds. The maximum Gasteiger partial charge on any atom is 0.144 e. The third kappa shape index (κ3) is 1.61. The van der Waals surface area contributed by atoms with Crippen molar-refractivity contribution >= 4 is 0 Å². The van der Waals surface area contributed by atoms with Gasteiger partial charge >= 0.3 is 0 Å². The Labute approximate surface area is 65.4 Å². The van der Waals surface area contributed by atoms with E-state index in [4.69, 9.17) is 10.00 Å². The second-order valence-electron chi connectivity index (χ2n) is 1.93. The molecule has 0 aliphatic heterocycles. The first kappa shape index (κ1) is 7.40. The SMILES string of the molecule is CO/C(=C\C#N)C1=C=CC=C1. The van der Waals surface area contributed by atoms with E-state index in [-0.39, 0.29) is 0 Å². The van der Waals surface area contributed by atoms with Crippen molar-refractivity contribution in [2.24, 2.45) is 0 Å². The monoisotopic (exact) mass is 145 g/mol. The normalized spacial score (nSPS) is 14.5. The van der Waals surface area contributed by atoms with Crippen molar-refractivity contribution in [3.63, 3.8) is 0 Å². The van der Waals surface area contributed by atoms with Gasteiger partial charge in [0.25, 0.3) is 0 Å². The zero-order valence-corrected chi connectivity index (χ0v) is 6.16. The third-order valence-electron chi connectivity index (χ3n) is 1.28. The smallest absolute Gasteiger partial charge is 0.144 e. The Morgan fingerprint density at radius 3 is 3.09 bits per heavy atom. The number of nitriles is 1. The number of allylic oxidation sites excluding steroid dienone is 3. The molecule has 0 fully saturated rings. The first-order valence-electron chi connectivity index (χ1n) is 3.16. The molecule has 0 heterocycles. The van der Waals surface area contributed by atoms with Crippen LogP contribution in [0.1, 0.15) is 0 Å². The Morgan fingerprint density at radius 2 is 2.64 bits per heavy atom. The summed E-state index contributed by atoms with van der Waals surface area (Å²) in [7, 11) is 1.53. The van der Waals surface area contributed by atoms with Crippen LogP contribution >= 0.6 is 0 Å². The molecule has 0 spiro atoms. The molecule has 0 atom stereocenters. The first-order valence-corrected chi connectivity index (χ1v) is 3.16. The lowest BCUT2D eigenvalue weighted by atomic mass is 10.2. The number of nitrogens with zero attached hydrogens (tertiary/aromatic N) is 1. The summed E-state index contributed by atoms with van der Waals surface area (Å²) in [5, 5.41) is 8.35. The molecule has 11 heavy (non-hydrogen) atoms. The van der Waals surface area contributed by atoms with E-state index in [0.29, 0.717) is 5.76 Å². The standard InChI is InChI=1S/C9H7NO/c1-11-9(6-7-10)8-4-2-3-5-8/h2-4,6H,1H3/b9-6-. The highest BCUT2D eigenvalue weighted by atomic mass is 16.5. The fraction of sp³-hybridized carbons (Fsp3) is 0.111. The third-order valence-corrected chi connectivity index (χ3v) is 1.28. The van der Waals surface area contributed by atoms with Crippen LogP contribution < -0.4 is 0 Å². The predicted molar refractivity (Wildman–Crippen MR) is 41.4 cm³/mol. The highest BCUT2D eigenvalue weighted by Gasteiger charge is 2.01. The van der Waals surface area contributed by atoms with Crippen molar-refractivity contribution in [1.29, 1.82) is 5.26 Å². The van der Waals surface area contributed by atoms with Gasteiger partial charge in [0, 0.05) is 0 Å². The summed E-state index contributed by atoms with van der Waals surface area (Å²) in [6.07, 6.45) is 6.82. The highest BCUT2D eigenvalue weighted by molar-refractivity contribution is 5.42. The maximum absolute atomic E-state index is 8.35. The molecule has 2 heteroatoms. The zero-order valence-electron chi connectivity index (χ0n) is 6.16. The minimum absolute atomic E-state index is 0.553. The fourth-order valence-electron chi connectivity index (χ4n) is 0.789. The molecule has 0 radical (unpaired) electrons. The summed E-state index contributed by atoms with van der Waals surface area (Å²) in [6, 6.07) is 1.90. The van der Waals surface area contributed by atoms with Crippen molar-refractivity contribution in [3.8, 4) is 6.07 Å². The fourth-order valence-corrected chi connectivity index (χ4v) is 0.789.